The molecule has 1 rings (SSSR count). The Morgan fingerprint density at radius 1 is 1.12 bits per heavy atom. The van der Waals surface area contributed by atoms with E-state index in [4.69, 9.17) is 14.2 Å². The maximum absolute atomic E-state index is 11.9. The first-order chi connectivity index (χ1) is 11.6. The normalized spacial score (nSPS) is 12.4. The van der Waals surface area contributed by atoms with Gasteiger partial charge in [0.1, 0.15) is 11.4 Å². The Morgan fingerprint density at radius 3 is 2.20 bits per heavy atom. The third kappa shape index (κ3) is 7.92. The maximum Gasteiger partial charge on any atom is 0.407 e. The molecule has 1 aromatic carbocycles. The lowest BCUT2D eigenvalue weighted by Crippen LogP contribution is -2.34. The van der Waals surface area contributed by atoms with Crippen molar-refractivity contribution in [2.45, 2.75) is 59.8 Å². The first-order valence-electron chi connectivity index (χ1n) is 8.51. The number of hydrogen-bond acceptors (Lipinski definition) is 5. The van der Waals surface area contributed by atoms with Gasteiger partial charge in [-0.1, -0.05) is 26.0 Å². The molecule has 0 bridgehead atoms. The van der Waals surface area contributed by atoms with Gasteiger partial charge in [0.2, 0.25) is 0 Å². The van der Waals surface area contributed by atoms with Gasteiger partial charge < -0.3 is 19.5 Å². The van der Waals surface area contributed by atoms with Crippen LogP contribution in [0.4, 0.5) is 4.79 Å². The Balaban J connectivity index is 2.60. The quantitative estimate of drug-likeness (QED) is 0.759. The van der Waals surface area contributed by atoms with E-state index in [-0.39, 0.29) is 11.9 Å². The van der Waals surface area contributed by atoms with Crippen LogP contribution in [0.3, 0.4) is 0 Å². The topological polar surface area (TPSA) is 73.9 Å². The zero-order chi connectivity index (χ0) is 19.0. The molecule has 0 aromatic heterocycles. The second-order valence-electron chi connectivity index (χ2n) is 7.03. The summed E-state index contributed by atoms with van der Waals surface area (Å²) < 4.78 is 16.0. The standard InChI is InChI=1S/C19H29NO5/c1-7-23-17(21)16(13(2)3)24-15-10-8-14(9-11-15)12-20-18(22)25-19(4,5)6/h8-11,13,16H,7,12H2,1-6H3,(H,20,22)/t16-/m1/s1. The zero-order valence-corrected chi connectivity index (χ0v) is 15.9. The van der Waals surface area contributed by atoms with E-state index < -0.39 is 17.8 Å². The molecule has 1 aromatic rings. The first kappa shape index (κ1) is 20.8. The second kappa shape index (κ2) is 9.30. The highest BCUT2D eigenvalue weighted by atomic mass is 16.6. The highest BCUT2D eigenvalue weighted by Crippen LogP contribution is 2.18. The smallest absolute Gasteiger partial charge is 0.407 e. The van der Waals surface area contributed by atoms with Crippen LogP contribution in [-0.2, 0) is 20.8 Å². The highest BCUT2D eigenvalue weighted by Gasteiger charge is 2.25. The Hall–Kier alpha value is -2.24. The number of benzene rings is 1. The fourth-order valence-electron chi connectivity index (χ4n) is 2.00. The number of carbonyl (C=O) groups excluding carboxylic acids is 2. The Kier molecular flexibility index (Phi) is 7.74. The van der Waals surface area contributed by atoms with Crippen LogP contribution in [0.1, 0.15) is 47.1 Å². The molecule has 0 saturated heterocycles. The summed E-state index contributed by atoms with van der Waals surface area (Å²) in [5.41, 5.74) is 0.372. The number of hydrogen-bond donors (Lipinski definition) is 1. The monoisotopic (exact) mass is 351 g/mol. The van der Waals surface area contributed by atoms with E-state index in [0.717, 1.165) is 5.56 Å². The third-order valence-corrected chi connectivity index (χ3v) is 3.15. The van der Waals surface area contributed by atoms with Crippen LogP contribution in [0.15, 0.2) is 24.3 Å². The van der Waals surface area contributed by atoms with Crippen LogP contribution in [-0.4, -0.2) is 30.4 Å². The van der Waals surface area contributed by atoms with E-state index in [9.17, 15) is 9.59 Å². The van der Waals surface area contributed by atoms with Gasteiger partial charge in [0.05, 0.1) is 6.61 Å². The number of ether oxygens (including phenoxy) is 3. The summed E-state index contributed by atoms with van der Waals surface area (Å²) in [6.07, 6.45) is -1.11. The molecule has 0 radical (unpaired) electrons. The van der Waals surface area contributed by atoms with Gasteiger partial charge in [-0.25, -0.2) is 9.59 Å². The van der Waals surface area contributed by atoms with Crippen LogP contribution >= 0.6 is 0 Å². The van der Waals surface area contributed by atoms with Gasteiger partial charge in [0, 0.05) is 12.5 Å². The van der Waals surface area contributed by atoms with Crippen LogP contribution in [0.5, 0.6) is 5.75 Å². The van der Waals surface area contributed by atoms with E-state index in [1.165, 1.54) is 0 Å². The van der Waals surface area contributed by atoms with Crippen molar-refractivity contribution in [1.82, 2.24) is 5.32 Å². The summed E-state index contributed by atoms with van der Waals surface area (Å²) >= 11 is 0. The summed E-state index contributed by atoms with van der Waals surface area (Å²) in [6, 6.07) is 7.19. The van der Waals surface area contributed by atoms with E-state index in [0.29, 0.717) is 18.9 Å². The van der Waals surface area contributed by atoms with Crippen molar-refractivity contribution in [3.05, 3.63) is 29.8 Å². The van der Waals surface area contributed by atoms with Crippen molar-refractivity contribution < 1.29 is 23.8 Å². The SMILES string of the molecule is CCOC(=O)[C@H](Oc1ccc(CNC(=O)OC(C)(C)C)cc1)C(C)C. The molecule has 25 heavy (non-hydrogen) atoms. The lowest BCUT2D eigenvalue weighted by Gasteiger charge is -2.21. The number of carbonyl (C=O) groups is 2. The van der Waals surface area contributed by atoms with Gasteiger partial charge in [-0.05, 0) is 45.4 Å². The maximum atomic E-state index is 11.9. The fourth-order valence-corrected chi connectivity index (χ4v) is 2.00. The summed E-state index contributed by atoms with van der Waals surface area (Å²) in [5, 5.41) is 2.69. The third-order valence-electron chi connectivity index (χ3n) is 3.15. The zero-order valence-electron chi connectivity index (χ0n) is 15.9. The molecule has 0 unspecified atom stereocenters. The number of esters is 1. The van der Waals surface area contributed by atoms with Crippen molar-refractivity contribution in [3.63, 3.8) is 0 Å². The Morgan fingerprint density at radius 2 is 1.72 bits per heavy atom. The predicted octanol–water partition coefficient (Wildman–Crippen LogP) is 3.68. The van der Waals surface area contributed by atoms with Crippen LogP contribution in [0.2, 0.25) is 0 Å². The van der Waals surface area contributed by atoms with Crippen molar-refractivity contribution in [2.24, 2.45) is 5.92 Å². The minimum absolute atomic E-state index is 0.00689. The average Bonchev–Trinajstić information content (AvgIpc) is 2.50. The van der Waals surface area contributed by atoms with Gasteiger partial charge in [-0.15, -0.1) is 0 Å². The summed E-state index contributed by atoms with van der Waals surface area (Å²) in [4.78, 5) is 23.6. The highest BCUT2D eigenvalue weighted by molar-refractivity contribution is 5.75. The molecule has 6 nitrogen and oxygen atoms in total. The lowest BCUT2D eigenvalue weighted by molar-refractivity contribution is -0.153. The molecule has 1 N–H and O–H groups in total. The van der Waals surface area contributed by atoms with Crippen LogP contribution < -0.4 is 10.1 Å². The molecule has 0 aliphatic heterocycles. The van der Waals surface area contributed by atoms with Crippen molar-refractivity contribution in [1.29, 1.82) is 0 Å². The molecule has 0 aliphatic rings. The van der Waals surface area contributed by atoms with Crippen molar-refractivity contribution in [2.75, 3.05) is 6.61 Å². The molecule has 6 heteroatoms. The molecular weight excluding hydrogens is 322 g/mol. The minimum Gasteiger partial charge on any atom is -0.478 e. The van der Waals surface area contributed by atoms with Gasteiger partial charge in [0.25, 0.3) is 0 Å². The molecule has 1 atom stereocenters. The second-order valence-corrected chi connectivity index (χ2v) is 7.03. The summed E-state index contributed by atoms with van der Waals surface area (Å²) in [7, 11) is 0. The fraction of sp³-hybridized carbons (Fsp3) is 0.579. The number of amides is 1. The number of rotatable bonds is 7. The average molecular weight is 351 g/mol. The van der Waals surface area contributed by atoms with Crippen molar-refractivity contribution in [3.8, 4) is 5.75 Å². The Labute approximate surface area is 149 Å². The lowest BCUT2D eigenvalue weighted by atomic mass is 10.1. The number of alkyl carbamates (subject to hydrolysis) is 1. The summed E-state index contributed by atoms with van der Waals surface area (Å²) in [5.74, 6) is 0.202. The van der Waals surface area contributed by atoms with Gasteiger partial charge in [-0.3, -0.25) is 0 Å². The van der Waals surface area contributed by atoms with Gasteiger partial charge in [-0.2, -0.15) is 0 Å². The molecule has 0 aliphatic carbocycles. The van der Waals surface area contributed by atoms with Crippen LogP contribution in [0, 0.1) is 5.92 Å². The van der Waals surface area contributed by atoms with E-state index in [1.807, 2.05) is 46.8 Å². The van der Waals surface area contributed by atoms with E-state index in [2.05, 4.69) is 5.32 Å². The largest absolute Gasteiger partial charge is 0.478 e. The van der Waals surface area contributed by atoms with Crippen LogP contribution in [0.25, 0.3) is 0 Å². The number of nitrogens with one attached hydrogen (secondary N) is 1. The van der Waals surface area contributed by atoms with Gasteiger partial charge in [0.15, 0.2) is 6.10 Å². The summed E-state index contributed by atoms with van der Waals surface area (Å²) in [6.45, 7) is 11.7. The van der Waals surface area contributed by atoms with Crippen molar-refractivity contribution >= 4 is 12.1 Å². The van der Waals surface area contributed by atoms with Gasteiger partial charge >= 0.3 is 12.1 Å². The minimum atomic E-state index is -0.648. The predicted molar refractivity (Wildman–Crippen MR) is 95.4 cm³/mol. The molecule has 140 valence electrons. The molecule has 1 amide bonds. The van der Waals surface area contributed by atoms with E-state index >= 15 is 0 Å². The van der Waals surface area contributed by atoms with E-state index in [1.54, 1.807) is 19.1 Å². The Bertz CT molecular complexity index is 560. The molecular formula is C19H29NO5. The molecule has 0 fully saturated rings. The molecule has 0 heterocycles. The first-order valence-corrected chi connectivity index (χ1v) is 8.51. The molecule has 0 saturated carbocycles. The molecule has 0 spiro atoms.